The van der Waals surface area contributed by atoms with Crippen LogP contribution in [0.4, 0.5) is 5.13 Å². The standard InChI is InChI=1S/C25H23N3O2S/c1-19-18-31-25(27-19)28-26-15-22-14-23(29-16-20-8-4-2-5-9-20)12-13-24(22)30-17-21-10-6-3-7-11-21/h2-15,18H,16-17H2,1H3,(H,27,28). The van der Waals surface area contributed by atoms with Crippen molar-refractivity contribution in [3.05, 3.63) is 107 Å². The summed E-state index contributed by atoms with van der Waals surface area (Å²) in [6.45, 7) is 2.93. The van der Waals surface area contributed by atoms with Crippen LogP contribution >= 0.6 is 11.3 Å². The van der Waals surface area contributed by atoms with Gasteiger partial charge in [-0.3, -0.25) is 5.43 Å². The van der Waals surface area contributed by atoms with Gasteiger partial charge in [-0.2, -0.15) is 5.10 Å². The van der Waals surface area contributed by atoms with Crippen molar-refractivity contribution in [2.75, 3.05) is 5.43 Å². The monoisotopic (exact) mass is 429 g/mol. The highest BCUT2D eigenvalue weighted by molar-refractivity contribution is 7.13. The van der Waals surface area contributed by atoms with E-state index in [0.29, 0.717) is 13.2 Å². The van der Waals surface area contributed by atoms with Gasteiger partial charge >= 0.3 is 0 Å². The van der Waals surface area contributed by atoms with Gasteiger partial charge in [-0.1, -0.05) is 60.7 Å². The molecule has 3 aromatic carbocycles. The first-order valence-electron chi connectivity index (χ1n) is 9.95. The summed E-state index contributed by atoms with van der Waals surface area (Å²) < 4.78 is 12.0. The van der Waals surface area contributed by atoms with Gasteiger partial charge in [0, 0.05) is 10.9 Å². The summed E-state index contributed by atoms with van der Waals surface area (Å²) in [6.07, 6.45) is 1.73. The minimum Gasteiger partial charge on any atom is -0.489 e. The van der Waals surface area contributed by atoms with Crippen LogP contribution in [-0.2, 0) is 13.2 Å². The molecule has 4 rings (SSSR count). The van der Waals surface area contributed by atoms with Crippen molar-refractivity contribution in [3.63, 3.8) is 0 Å². The number of hydrogen-bond acceptors (Lipinski definition) is 6. The molecule has 31 heavy (non-hydrogen) atoms. The van der Waals surface area contributed by atoms with Gasteiger partial charge in [0.1, 0.15) is 24.7 Å². The van der Waals surface area contributed by atoms with Crippen LogP contribution in [-0.4, -0.2) is 11.2 Å². The van der Waals surface area contributed by atoms with Crippen LogP contribution in [0.25, 0.3) is 0 Å². The lowest BCUT2D eigenvalue weighted by molar-refractivity contribution is 0.297. The van der Waals surface area contributed by atoms with Crippen molar-refractivity contribution in [1.82, 2.24) is 4.98 Å². The summed E-state index contributed by atoms with van der Waals surface area (Å²) >= 11 is 1.51. The van der Waals surface area contributed by atoms with Crippen LogP contribution in [0.3, 0.4) is 0 Å². The molecule has 5 nitrogen and oxygen atoms in total. The predicted octanol–water partition coefficient (Wildman–Crippen LogP) is 6.06. The highest BCUT2D eigenvalue weighted by atomic mass is 32.1. The largest absolute Gasteiger partial charge is 0.489 e. The number of hydrazone groups is 1. The fourth-order valence-electron chi connectivity index (χ4n) is 2.89. The third-order valence-corrected chi connectivity index (χ3v) is 5.31. The summed E-state index contributed by atoms with van der Waals surface area (Å²) in [6, 6.07) is 25.9. The van der Waals surface area contributed by atoms with Crippen LogP contribution in [0.5, 0.6) is 11.5 Å². The fraction of sp³-hybridized carbons (Fsp3) is 0.120. The molecule has 0 spiro atoms. The Labute approximate surface area is 186 Å². The van der Waals surface area contributed by atoms with E-state index in [1.807, 2.05) is 91.2 Å². The molecule has 0 bridgehead atoms. The Balaban J connectivity index is 1.49. The molecule has 0 atom stereocenters. The Morgan fingerprint density at radius 3 is 2.23 bits per heavy atom. The average molecular weight is 430 g/mol. The van der Waals surface area contributed by atoms with E-state index in [-0.39, 0.29) is 0 Å². The van der Waals surface area contributed by atoms with E-state index in [1.54, 1.807) is 6.21 Å². The molecule has 1 heterocycles. The molecule has 0 fully saturated rings. The van der Waals surface area contributed by atoms with Gasteiger partial charge in [-0.15, -0.1) is 11.3 Å². The Morgan fingerprint density at radius 1 is 0.903 bits per heavy atom. The molecule has 4 aromatic rings. The summed E-state index contributed by atoms with van der Waals surface area (Å²) in [5.41, 5.74) is 6.97. The summed E-state index contributed by atoms with van der Waals surface area (Å²) in [4.78, 5) is 4.36. The van der Waals surface area contributed by atoms with Crippen molar-refractivity contribution in [3.8, 4) is 11.5 Å². The molecular weight excluding hydrogens is 406 g/mol. The van der Waals surface area contributed by atoms with Crippen LogP contribution in [0.1, 0.15) is 22.4 Å². The number of benzene rings is 3. The summed E-state index contributed by atoms with van der Waals surface area (Å²) in [7, 11) is 0. The average Bonchev–Trinajstić information content (AvgIpc) is 3.23. The maximum Gasteiger partial charge on any atom is 0.203 e. The molecule has 0 saturated heterocycles. The normalized spacial score (nSPS) is 10.9. The molecule has 6 heteroatoms. The molecule has 0 saturated carbocycles. The molecule has 0 radical (unpaired) electrons. The second kappa shape index (κ2) is 10.4. The van der Waals surface area contributed by atoms with Gasteiger partial charge in [0.2, 0.25) is 5.13 Å². The van der Waals surface area contributed by atoms with Crippen molar-refractivity contribution < 1.29 is 9.47 Å². The van der Waals surface area contributed by atoms with E-state index >= 15 is 0 Å². The van der Waals surface area contributed by atoms with Gasteiger partial charge in [0.05, 0.1) is 11.9 Å². The highest BCUT2D eigenvalue weighted by Crippen LogP contribution is 2.25. The smallest absolute Gasteiger partial charge is 0.203 e. The Hall–Kier alpha value is -3.64. The maximum absolute atomic E-state index is 6.06. The van der Waals surface area contributed by atoms with Gasteiger partial charge in [0.15, 0.2) is 0 Å². The van der Waals surface area contributed by atoms with Crippen molar-refractivity contribution >= 4 is 22.7 Å². The van der Waals surface area contributed by atoms with Gasteiger partial charge in [-0.05, 0) is 36.2 Å². The van der Waals surface area contributed by atoms with E-state index in [4.69, 9.17) is 9.47 Å². The van der Waals surface area contributed by atoms with Crippen molar-refractivity contribution in [2.45, 2.75) is 20.1 Å². The SMILES string of the molecule is Cc1csc(NN=Cc2cc(OCc3ccccc3)ccc2OCc2ccccc2)n1. The van der Waals surface area contributed by atoms with E-state index < -0.39 is 0 Å². The van der Waals surface area contributed by atoms with Crippen molar-refractivity contribution in [2.24, 2.45) is 5.10 Å². The number of aryl methyl sites for hydroxylation is 1. The second-order valence-electron chi connectivity index (χ2n) is 6.91. The van der Waals surface area contributed by atoms with Gasteiger partial charge in [0.25, 0.3) is 0 Å². The van der Waals surface area contributed by atoms with Crippen LogP contribution in [0, 0.1) is 6.92 Å². The Morgan fingerprint density at radius 2 is 1.58 bits per heavy atom. The number of nitrogens with zero attached hydrogens (tertiary/aromatic N) is 2. The van der Waals surface area contributed by atoms with Crippen molar-refractivity contribution in [1.29, 1.82) is 0 Å². The van der Waals surface area contributed by atoms with Gasteiger partial charge < -0.3 is 9.47 Å². The molecule has 0 aliphatic heterocycles. The van der Waals surface area contributed by atoms with Crippen LogP contribution in [0.15, 0.2) is 89.3 Å². The molecule has 0 unspecified atom stereocenters. The maximum atomic E-state index is 6.06. The van der Waals surface area contributed by atoms with E-state index in [9.17, 15) is 0 Å². The first-order valence-corrected chi connectivity index (χ1v) is 10.8. The number of thiazole rings is 1. The molecule has 0 aliphatic carbocycles. The van der Waals surface area contributed by atoms with Gasteiger partial charge in [-0.25, -0.2) is 4.98 Å². The lowest BCUT2D eigenvalue weighted by Crippen LogP contribution is -2.01. The minimum atomic E-state index is 0.477. The number of anilines is 1. The molecule has 0 amide bonds. The fourth-order valence-corrected chi connectivity index (χ4v) is 3.52. The van der Waals surface area contributed by atoms with Crippen LogP contribution < -0.4 is 14.9 Å². The topological polar surface area (TPSA) is 55.7 Å². The molecule has 0 aliphatic rings. The minimum absolute atomic E-state index is 0.477. The van der Waals surface area contributed by atoms with E-state index in [0.717, 1.165) is 39.0 Å². The third-order valence-electron chi connectivity index (χ3n) is 4.45. The Kier molecular flexibility index (Phi) is 6.92. The Bertz CT molecular complexity index is 1130. The number of ether oxygens (including phenoxy) is 2. The number of rotatable bonds is 9. The molecule has 1 aromatic heterocycles. The summed E-state index contributed by atoms with van der Waals surface area (Å²) in [5, 5.41) is 7.06. The zero-order valence-electron chi connectivity index (χ0n) is 17.2. The second-order valence-corrected chi connectivity index (χ2v) is 7.77. The first kappa shape index (κ1) is 20.6. The zero-order valence-corrected chi connectivity index (χ0v) is 18.0. The number of aromatic nitrogens is 1. The quantitative estimate of drug-likeness (QED) is 0.260. The highest BCUT2D eigenvalue weighted by Gasteiger charge is 2.06. The van der Waals surface area contributed by atoms with Crippen LogP contribution in [0.2, 0.25) is 0 Å². The summed E-state index contributed by atoms with van der Waals surface area (Å²) in [5.74, 6) is 1.49. The van der Waals surface area contributed by atoms with E-state index in [1.165, 1.54) is 11.3 Å². The predicted molar refractivity (Wildman–Crippen MR) is 126 cm³/mol. The third kappa shape index (κ3) is 6.17. The lowest BCUT2D eigenvalue weighted by atomic mass is 10.2. The molecule has 1 N–H and O–H groups in total. The molecular formula is C25H23N3O2S. The number of hydrogen-bond donors (Lipinski definition) is 1. The lowest BCUT2D eigenvalue weighted by Gasteiger charge is -2.12. The molecule has 156 valence electrons. The van der Waals surface area contributed by atoms with E-state index in [2.05, 4.69) is 15.5 Å². The zero-order chi connectivity index (χ0) is 21.3. The number of nitrogens with one attached hydrogen (secondary N) is 1. The first-order chi connectivity index (χ1) is 15.3.